The molecule has 0 bridgehead atoms. The summed E-state index contributed by atoms with van der Waals surface area (Å²) < 4.78 is 4.52. The molecule has 1 aliphatic heterocycles. The smallest absolute Gasteiger partial charge is 0.405 e. The van der Waals surface area contributed by atoms with E-state index in [0.717, 1.165) is 0 Å². The minimum atomic E-state index is -1.23. The molecule has 1 saturated heterocycles. The van der Waals surface area contributed by atoms with E-state index < -0.39 is 18.1 Å². The lowest BCUT2D eigenvalue weighted by molar-refractivity contribution is -0.137. The number of esters is 1. The number of carbonyl (C=O) groups is 2. The average molecular weight is 157 g/mol. The summed E-state index contributed by atoms with van der Waals surface area (Å²) in [5.74, 6) is -0.286. The summed E-state index contributed by atoms with van der Waals surface area (Å²) in [6.07, 6.45) is -1.01. The number of carbonyl (C=O) groups excluding carboxylic acids is 1. The summed E-state index contributed by atoms with van der Waals surface area (Å²) in [6.45, 7) is 3.39. The molecular weight excluding hydrogens is 150 g/mol. The predicted molar refractivity (Wildman–Crippen MR) is 34.8 cm³/mol. The number of cyclic esters (lactones) is 1. The van der Waals surface area contributed by atoms with E-state index in [-0.39, 0.29) is 6.42 Å². The molecule has 5 heteroatoms. The Hall–Kier alpha value is -1.52. The van der Waals surface area contributed by atoms with Crippen LogP contribution in [0.2, 0.25) is 0 Å². The second-order valence-corrected chi connectivity index (χ2v) is 2.17. The van der Waals surface area contributed by atoms with Crippen LogP contribution in [0.3, 0.4) is 0 Å². The van der Waals surface area contributed by atoms with Crippen molar-refractivity contribution in [3.8, 4) is 0 Å². The minimum Gasteiger partial charge on any atom is -0.465 e. The molecule has 0 aromatic carbocycles. The monoisotopic (exact) mass is 157 g/mol. The zero-order valence-electron chi connectivity index (χ0n) is 5.66. The van der Waals surface area contributed by atoms with Crippen LogP contribution >= 0.6 is 0 Å². The number of ether oxygens (including phenoxy) is 1. The van der Waals surface area contributed by atoms with Gasteiger partial charge < -0.3 is 15.2 Å². The number of carboxylic acid groups (broad SMARTS) is 1. The quantitative estimate of drug-likeness (QED) is 0.528. The number of amides is 1. The normalized spacial score (nSPS) is 23.1. The largest absolute Gasteiger partial charge is 0.465 e. The lowest BCUT2D eigenvalue weighted by Gasteiger charge is -2.01. The van der Waals surface area contributed by atoms with Gasteiger partial charge in [-0.05, 0) is 0 Å². The van der Waals surface area contributed by atoms with E-state index in [2.05, 4.69) is 11.3 Å². The van der Waals surface area contributed by atoms with Crippen LogP contribution in [0, 0.1) is 0 Å². The van der Waals surface area contributed by atoms with Crippen molar-refractivity contribution in [1.29, 1.82) is 0 Å². The highest BCUT2D eigenvalue weighted by atomic mass is 16.5. The van der Waals surface area contributed by atoms with Crippen LogP contribution in [0.25, 0.3) is 0 Å². The first-order valence-electron chi connectivity index (χ1n) is 2.98. The van der Waals surface area contributed by atoms with E-state index in [0.29, 0.717) is 5.76 Å². The van der Waals surface area contributed by atoms with E-state index in [1.54, 1.807) is 0 Å². The summed E-state index contributed by atoms with van der Waals surface area (Å²) in [4.78, 5) is 20.8. The van der Waals surface area contributed by atoms with E-state index >= 15 is 0 Å². The van der Waals surface area contributed by atoms with Crippen LogP contribution in [0.1, 0.15) is 6.42 Å². The van der Waals surface area contributed by atoms with Gasteiger partial charge in [0.2, 0.25) is 0 Å². The Balaban J connectivity index is 2.53. The molecule has 0 aromatic heterocycles. The van der Waals surface area contributed by atoms with Crippen molar-refractivity contribution in [2.75, 3.05) is 0 Å². The number of hydrogen-bond acceptors (Lipinski definition) is 3. The molecule has 2 N–H and O–H groups in total. The Morgan fingerprint density at radius 3 is 2.82 bits per heavy atom. The fourth-order valence-electron chi connectivity index (χ4n) is 0.825. The van der Waals surface area contributed by atoms with Crippen molar-refractivity contribution in [3.05, 3.63) is 12.3 Å². The minimum absolute atomic E-state index is 0.227. The Morgan fingerprint density at radius 1 is 1.82 bits per heavy atom. The second-order valence-electron chi connectivity index (χ2n) is 2.17. The van der Waals surface area contributed by atoms with Crippen molar-refractivity contribution >= 4 is 12.1 Å². The highest BCUT2D eigenvalue weighted by molar-refractivity contribution is 5.83. The third-order valence-electron chi connectivity index (χ3n) is 1.26. The van der Waals surface area contributed by atoms with Gasteiger partial charge >= 0.3 is 12.1 Å². The fourth-order valence-corrected chi connectivity index (χ4v) is 0.825. The first-order chi connectivity index (χ1) is 5.09. The lowest BCUT2D eigenvalue weighted by atomic mass is 10.2. The van der Waals surface area contributed by atoms with Crippen LogP contribution in [0.5, 0.6) is 0 Å². The Morgan fingerprint density at radius 2 is 2.45 bits per heavy atom. The fraction of sp³-hybridized carbons (Fsp3) is 0.333. The Bertz CT molecular complexity index is 223. The molecule has 0 saturated carbocycles. The van der Waals surface area contributed by atoms with Crippen LogP contribution < -0.4 is 5.32 Å². The van der Waals surface area contributed by atoms with Crippen molar-refractivity contribution < 1.29 is 19.4 Å². The maximum Gasteiger partial charge on any atom is 0.405 e. The summed E-state index contributed by atoms with van der Waals surface area (Å²) in [6, 6.07) is -0.778. The van der Waals surface area contributed by atoms with Crippen LogP contribution in [0.15, 0.2) is 12.3 Å². The molecule has 1 aliphatic rings. The molecule has 1 rings (SSSR count). The predicted octanol–water partition coefficient (Wildman–Crippen LogP) is 0.0832. The van der Waals surface area contributed by atoms with Gasteiger partial charge in [-0.25, -0.2) is 9.59 Å². The topological polar surface area (TPSA) is 75.6 Å². The lowest BCUT2D eigenvalue weighted by Crippen LogP contribution is -2.36. The van der Waals surface area contributed by atoms with E-state index in [9.17, 15) is 9.59 Å². The SMILES string of the molecule is C=C1C[C@H](NC(=O)O)C(=O)O1. The van der Waals surface area contributed by atoms with Gasteiger partial charge in [0.1, 0.15) is 11.8 Å². The molecule has 60 valence electrons. The highest BCUT2D eigenvalue weighted by Gasteiger charge is 2.30. The molecule has 1 amide bonds. The third-order valence-corrected chi connectivity index (χ3v) is 1.26. The van der Waals surface area contributed by atoms with Crippen molar-refractivity contribution in [3.63, 3.8) is 0 Å². The van der Waals surface area contributed by atoms with Gasteiger partial charge in [0, 0.05) is 6.42 Å². The van der Waals surface area contributed by atoms with Crippen molar-refractivity contribution in [1.82, 2.24) is 5.32 Å². The molecule has 1 fully saturated rings. The van der Waals surface area contributed by atoms with Crippen LogP contribution in [-0.4, -0.2) is 23.2 Å². The molecule has 0 spiro atoms. The Labute approximate surface area is 62.6 Å². The van der Waals surface area contributed by atoms with E-state index in [1.807, 2.05) is 5.32 Å². The number of nitrogens with one attached hydrogen (secondary N) is 1. The molecule has 0 aliphatic carbocycles. The van der Waals surface area contributed by atoms with Gasteiger partial charge in [-0.2, -0.15) is 0 Å². The summed E-state index contributed by atoms with van der Waals surface area (Å²) in [7, 11) is 0. The highest BCUT2D eigenvalue weighted by Crippen LogP contribution is 2.15. The standard InChI is InChI=1S/C6H7NO4/c1-3-2-4(5(8)11-3)7-6(9)10/h4,7H,1-2H2,(H,9,10)/t4-/m0/s1. The zero-order chi connectivity index (χ0) is 8.43. The maximum absolute atomic E-state index is 10.7. The molecular formula is C6H7NO4. The van der Waals surface area contributed by atoms with Gasteiger partial charge in [-0.3, -0.25) is 0 Å². The molecule has 1 heterocycles. The van der Waals surface area contributed by atoms with Gasteiger partial charge in [0.05, 0.1) is 0 Å². The number of hydrogen-bond donors (Lipinski definition) is 2. The Kier molecular flexibility index (Phi) is 1.80. The third kappa shape index (κ3) is 1.70. The number of rotatable bonds is 1. The maximum atomic E-state index is 10.7. The van der Waals surface area contributed by atoms with Gasteiger partial charge in [0.15, 0.2) is 0 Å². The zero-order valence-corrected chi connectivity index (χ0v) is 5.66. The summed E-state index contributed by atoms with van der Waals surface area (Å²) >= 11 is 0. The van der Waals surface area contributed by atoms with Crippen molar-refractivity contribution in [2.24, 2.45) is 0 Å². The van der Waals surface area contributed by atoms with Gasteiger partial charge in [0.25, 0.3) is 0 Å². The van der Waals surface area contributed by atoms with E-state index in [1.165, 1.54) is 0 Å². The molecule has 11 heavy (non-hydrogen) atoms. The molecule has 0 aromatic rings. The second kappa shape index (κ2) is 2.61. The first-order valence-corrected chi connectivity index (χ1v) is 2.98. The summed E-state index contributed by atoms with van der Waals surface area (Å²) in [5.41, 5.74) is 0. The molecule has 1 atom stereocenters. The van der Waals surface area contributed by atoms with Crippen molar-refractivity contribution in [2.45, 2.75) is 12.5 Å². The van der Waals surface area contributed by atoms with Crippen LogP contribution in [0.4, 0.5) is 4.79 Å². The molecule has 5 nitrogen and oxygen atoms in total. The van der Waals surface area contributed by atoms with Gasteiger partial charge in [-0.15, -0.1) is 0 Å². The average Bonchev–Trinajstić information content (AvgIpc) is 2.09. The molecule has 0 radical (unpaired) electrons. The molecule has 0 unspecified atom stereocenters. The van der Waals surface area contributed by atoms with E-state index in [4.69, 9.17) is 5.11 Å². The summed E-state index contributed by atoms with van der Waals surface area (Å²) in [5, 5.41) is 10.2. The first kappa shape index (κ1) is 7.59. The van der Waals surface area contributed by atoms with Gasteiger partial charge in [-0.1, -0.05) is 6.58 Å². The van der Waals surface area contributed by atoms with Crippen LogP contribution in [-0.2, 0) is 9.53 Å².